The number of carbonyl (C=O) groups is 2. The first-order valence-corrected chi connectivity index (χ1v) is 9.19. The van der Waals surface area contributed by atoms with E-state index in [4.69, 9.17) is 14.2 Å². The molecule has 0 aromatic heterocycles. The fourth-order valence-corrected chi connectivity index (χ4v) is 3.41. The molecule has 146 valence electrons. The van der Waals surface area contributed by atoms with Crippen LogP contribution >= 0.6 is 11.8 Å². The van der Waals surface area contributed by atoms with Crippen LogP contribution in [0.25, 0.3) is 6.08 Å². The van der Waals surface area contributed by atoms with Crippen molar-refractivity contribution in [1.82, 2.24) is 4.90 Å². The molecule has 1 fully saturated rings. The second-order valence-corrected chi connectivity index (χ2v) is 6.74. The van der Waals surface area contributed by atoms with Gasteiger partial charge in [0.25, 0.3) is 11.1 Å². The van der Waals surface area contributed by atoms with Gasteiger partial charge in [0.1, 0.15) is 29.7 Å². The summed E-state index contributed by atoms with van der Waals surface area (Å²) in [5, 5.41) is -0.369. The third-order valence-electron chi connectivity index (χ3n) is 4.00. The van der Waals surface area contributed by atoms with Crippen LogP contribution in [-0.2, 0) is 4.79 Å². The molecule has 1 aliphatic rings. The Morgan fingerprint density at radius 1 is 1.04 bits per heavy atom. The Balaban J connectivity index is 1.67. The molecule has 3 rings (SSSR count). The molecular weight excluding hydrogens is 385 g/mol. The largest absolute Gasteiger partial charge is 0.497 e. The zero-order chi connectivity index (χ0) is 20.1. The summed E-state index contributed by atoms with van der Waals surface area (Å²) in [4.78, 5) is 26.2. The van der Waals surface area contributed by atoms with E-state index in [1.165, 1.54) is 31.4 Å². The first kappa shape index (κ1) is 19.8. The van der Waals surface area contributed by atoms with Crippen LogP contribution < -0.4 is 14.2 Å². The third kappa shape index (κ3) is 4.45. The average molecular weight is 403 g/mol. The summed E-state index contributed by atoms with van der Waals surface area (Å²) < 4.78 is 28.8. The smallest absolute Gasteiger partial charge is 0.293 e. The lowest BCUT2D eigenvalue weighted by atomic mass is 10.1. The van der Waals surface area contributed by atoms with Gasteiger partial charge in [0.05, 0.1) is 25.7 Å². The number of benzene rings is 2. The zero-order valence-electron chi connectivity index (χ0n) is 15.3. The topological polar surface area (TPSA) is 65.1 Å². The van der Waals surface area contributed by atoms with Crippen LogP contribution in [-0.4, -0.2) is 43.4 Å². The first-order valence-electron chi connectivity index (χ1n) is 8.37. The van der Waals surface area contributed by atoms with Gasteiger partial charge in [0.2, 0.25) is 0 Å². The van der Waals surface area contributed by atoms with Gasteiger partial charge in [-0.05, 0) is 54.2 Å². The second-order valence-electron chi connectivity index (χ2n) is 5.74. The molecule has 2 amide bonds. The fourth-order valence-electron chi connectivity index (χ4n) is 2.56. The van der Waals surface area contributed by atoms with Crippen molar-refractivity contribution in [3.8, 4) is 17.2 Å². The van der Waals surface area contributed by atoms with Gasteiger partial charge in [-0.15, -0.1) is 0 Å². The molecule has 1 heterocycles. The summed E-state index contributed by atoms with van der Waals surface area (Å²) in [7, 11) is 3.07. The summed E-state index contributed by atoms with van der Waals surface area (Å²) >= 11 is 0.861. The zero-order valence-corrected chi connectivity index (χ0v) is 16.1. The molecule has 6 nitrogen and oxygen atoms in total. The van der Waals surface area contributed by atoms with Gasteiger partial charge in [-0.2, -0.15) is 0 Å². The lowest BCUT2D eigenvalue weighted by Crippen LogP contribution is -2.32. The van der Waals surface area contributed by atoms with Crippen molar-refractivity contribution < 1.29 is 28.2 Å². The van der Waals surface area contributed by atoms with E-state index in [0.717, 1.165) is 16.7 Å². The molecule has 0 unspecified atom stereocenters. The number of methoxy groups -OCH3 is 2. The number of thioether (sulfide) groups is 1. The molecule has 28 heavy (non-hydrogen) atoms. The van der Waals surface area contributed by atoms with Gasteiger partial charge in [-0.3, -0.25) is 14.5 Å². The molecule has 1 aliphatic heterocycles. The van der Waals surface area contributed by atoms with E-state index in [-0.39, 0.29) is 24.2 Å². The van der Waals surface area contributed by atoms with Gasteiger partial charge in [0.15, 0.2) is 0 Å². The third-order valence-corrected chi connectivity index (χ3v) is 4.91. The Morgan fingerprint density at radius 3 is 2.43 bits per heavy atom. The Morgan fingerprint density at radius 2 is 1.75 bits per heavy atom. The number of carbonyl (C=O) groups excluding carboxylic acids is 2. The van der Waals surface area contributed by atoms with Crippen LogP contribution in [0.5, 0.6) is 17.2 Å². The molecule has 0 aliphatic carbocycles. The molecule has 8 heteroatoms. The number of ether oxygens (including phenoxy) is 3. The molecule has 0 radical (unpaired) electrons. The maximum atomic E-state index is 12.9. The molecule has 0 atom stereocenters. The first-order chi connectivity index (χ1) is 13.5. The highest BCUT2D eigenvalue weighted by Crippen LogP contribution is 2.34. The van der Waals surface area contributed by atoms with Crippen LogP contribution in [0, 0.1) is 5.82 Å². The van der Waals surface area contributed by atoms with Crippen molar-refractivity contribution in [3.05, 3.63) is 58.8 Å². The van der Waals surface area contributed by atoms with E-state index in [9.17, 15) is 14.0 Å². The standard InChI is InChI=1S/C20H18FNO5S/c1-25-16-6-3-13(17(12-16)26-2)11-18-19(23)22(20(24)28-18)9-10-27-15-7-4-14(21)5-8-15/h3-8,11-12H,9-10H2,1-2H3/b18-11+. The summed E-state index contributed by atoms with van der Waals surface area (Å²) in [5.41, 5.74) is 0.663. The van der Waals surface area contributed by atoms with Crippen LogP contribution in [0.1, 0.15) is 5.56 Å². The van der Waals surface area contributed by atoms with Gasteiger partial charge >= 0.3 is 0 Å². The van der Waals surface area contributed by atoms with Crippen LogP contribution in [0.15, 0.2) is 47.4 Å². The maximum absolute atomic E-state index is 12.9. The van der Waals surface area contributed by atoms with E-state index in [2.05, 4.69) is 0 Å². The molecule has 0 spiro atoms. The minimum Gasteiger partial charge on any atom is -0.497 e. The number of imide groups is 1. The second kappa shape index (κ2) is 8.79. The predicted molar refractivity (Wildman–Crippen MR) is 104 cm³/mol. The number of rotatable bonds is 7. The fraction of sp³-hybridized carbons (Fsp3) is 0.200. The molecule has 2 aromatic carbocycles. The average Bonchev–Trinajstić information content (AvgIpc) is 2.97. The van der Waals surface area contributed by atoms with E-state index in [0.29, 0.717) is 27.7 Å². The SMILES string of the molecule is COc1ccc(/C=C2/SC(=O)N(CCOc3ccc(F)cc3)C2=O)c(OC)c1. The van der Waals surface area contributed by atoms with Gasteiger partial charge in [-0.1, -0.05) is 0 Å². The van der Waals surface area contributed by atoms with Crippen molar-refractivity contribution in [2.75, 3.05) is 27.4 Å². The number of nitrogens with zero attached hydrogens (tertiary/aromatic N) is 1. The van der Waals surface area contributed by atoms with Crippen molar-refractivity contribution >= 4 is 29.0 Å². The van der Waals surface area contributed by atoms with Gasteiger partial charge in [-0.25, -0.2) is 4.39 Å². The van der Waals surface area contributed by atoms with Crippen molar-refractivity contribution in [1.29, 1.82) is 0 Å². The van der Waals surface area contributed by atoms with Gasteiger partial charge < -0.3 is 14.2 Å². The lowest BCUT2D eigenvalue weighted by molar-refractivity contribution is -0.123. The Hall–Kier alpha value is -3.00. The quantitative estimate of drug-likeness (QED) is 0.652. The highest BCUT2D eigenvalue weighted by atomic mass is 32.2. The number of hydrogen-bond acceptors (Lipinski definition) is 6. The van der Waals surface area contributed by atoms with Crippen molar-refractivity contribution in [2.24, 2.45) is 0 Å². The lowest BCUT2D eigenvalue weighted by Gasteiger charge is -2.13. The van der Waals surface area contributed by atoms with Gasteiger partial charge in [0, 0.05) is 11.6 Å². The van der Waals surface area contributed by atoms with Crippen LogP contribution in [0.4, 0.5) is 9.18 Å². The summed E-state index contributed by atoms with van der Waals surface area (Å²) in [5.74, 6) is 0.866. The highest BCUT2D eigenvalue weighted by Gasteiger charge is 2.35. The summed E-state index contributed by atoms with van der Waals surface area (Å²) in [6, 6.07) is 10.7. The number of hydrogen-bond donors (Lipinski definition) is 0. The van der Waals surface area contributed by atoms with E-state index < -0.39 is 5.91 Å². The molecule has 0 N–H and O–H groups in total. The van der Waals surface area contributed by atoms with Crippen molar-refractivity contribution in [3.63, 3.8) is 0 Å². The normalized spacial score (nSPS) is 15.2. The summed E-state index contributed by atoms with van der Waals surface area (Å²) in [6.07, 6.45) is 1.62. The molecular formula is C20H18FNO5S. The minimum absolute atomic E-state index is 0.0964. The highest BCUT2D eigenvalue weighted by molar-refractivity contribution is 8.18. The Labute approximate surface area is 165 Å². The number of amides is 2. The monoisotopic (exact) mass is 403 g/mol. The van der Waals surface area contributed by atoms with Crippen LogP contribution in [0.2, 0.25) is 0 Å². The predicted octanol–water partition coefficient (Wildman–Crippen LogP) is 3.96. The summed E-state index contributed by atoms with van der Waals surface area (Å²) in [6.45, 7) is 0.210. The molecule has 1 saturated heterocycles. The minimum atomic E-state index is -0.393. The van der Waals surface area contributed by atoms with E-state index in [1.807, 2.05) is 0 Å². The van der Waals surface area contributed by atoms with E-state index in [1.54, 1.807) is 31.4 Å². The Bertz CT molecular complexity index is 913. The van der Waals surface area contributed by atoms with E-state index >= 15 is 0 Å². The molecule has 2 aromatic rings. The number of halogens is 1. The maximum Gasteiger partial charge on any atom is 0.293 e. The van der Waals surface area contributed by atoms with Crippen LogP contribution in [0.3, 0.4) is 0 Å². The van der Waals surface area contributed by atoms with Crippen molar-refractivity contribution in [2.45, 2.75) is 0 Å². The Kier molecular flexibility index (Phi) is 6.20. The molecule has 0 saturated carbocycles. The molecule has 0 bridgehead atoms.